The first kappa shape index (κ1) is 21.5. The zero-order chi connectivity index (χ0) is 26.2. The first-order valence-corrected chi connectivity index (χ1v) is 13.3. The third kappa shape index (κ3) is 2.96. The molecule has 0 spiro atoms. The van der Waals surface area contributed by atoms with Gasteiger partial charge in [0.15, 0.2) is 0 Å². The van der Waals surface area contributed by atoms with Crippen LogP contribution in [0, 0.1) is 0 Å². The Balaban J connectivity index is 1.51. The Kier molecular flexibility index (Phi) is 4.30. The summed E-state index contributed by atoms with van der Waals surface area (Å²) in [4.78, 5) is 8.50. The largest absolute Gasteiger partial charge is 0.464 e. The molecule has 186 valence electrons. The van der Waals surface area contributed by atoms with Gasteiger partial charge >= 0.3 is 0 Å². The van der Waals surface area contributed by atoms with E-state index in [1.165, 1.54) is 0 Å². The van der Waals surface area contributed by atoms with Gasteiger partial charge in [0.25, 0.3) is 0 Å². The minimum absolute atomic E-state index is 0.901. The molecule has 0 atom stereocenters. The van der Waals surface area contributed by atoms with Gasteiger partial charge in [-0.1, -0.05) is 24.3 Å². The van der Waals surface area contributed by atoms with E-state index in [9.17, 15) is 0 Å². The minimum Gasteiger partial charge on any atom is -0.464 e. The van der Waals surface area contributed by atoms with Crippen molar-refractivity contribution in [2.24, 2.45) is 0 Å². The molecule has 4 heteroatoms. The monoisotopic (exact) mass is 512 g/mol. The van der Waals surface area contributed by atoms with E-state index in [-0.39, 0.29) is 0 Å². The number of fused-ring (bicyclic) bond motifs is 10. The summed E-state index contributed by atoms with van der Waals surface area (Å²) in [5.74, 6) is 0. The van der Waals surface area contributed by atoms with Gasteiger partial charge < -0.3 is 8.83 Å². The fraction of sp³-hybridized carbons (Fsp3) is 0. The summed E-state index contributed by atoms with van der Waals surface area (Å²) in [5, 5.41) is 11.3. The van der Waals surface area contributed by atoms with E-state index in [1.54, 1.807) is 12.5 Å². The van der Waals surface area contributed by atoms with Crippen molar-refractivity contribution in [1.29, 1.82) is 0 Å². The molecule has 0 aliphatic heterocycles. The van der Waals surface area contributed by atoms with Crippen molar-refractivity contribution in [2.45, 2.75) is 0 Å². The van der Waals surface area contributed by atoms with Crippen molar-refractivity contribution in [3.05, 3.63) is 122 Å². The molecule has 0 saturated carbocycles. The zero-order valence-corrected chi connectivity index (χ0v) is 21.3. The number of hydrogen-bond donors (Lipinski definition) is 0. The van der Waals surface area contributed by atoms with Gasteiger partial charge in [0.05, 0.1) is 12.5 Å². The van der Waals surface area contributed by atoms with Gasteiger partial charge in [-0.2, -0.15) is 0 Å². The fourth-order valence-electron chi connectivity index (χ4n) is 6.36. The van der Waals surface area contributed by atoms with E-state index in [0.717, 1.165) is 87.3 Å². The molecule has 0 radical (unpaired) electrons. The van der Waals surface area contributed by atoms with Gasteiger partial charge in [0, 0.05) is 46.3 Å². The van der Waals surface area contributed by atoms with Crippen LogP contribution in [0.1, 0.15) is 0 Å². The fourth-order valence-corrected chi connectivity index (χ4v) is 6.36. The van der Waals surface area contributed by atoms with Crippen LogP contribution in [0.2, 0.25) is 0 Å². The van der Waals surface area contributed by atoms with E-state index >= 15 is 0 Å². The number of rotatable bonds is 2. The van der Waals surface area contributed by atoms with Gasteiger partial charge in [-0.05, 0) is 115 Å². The first-order chi connectivity index (χ1) is 19.8. The Morgan fingerprint density at radius 3 is 1.35 bits per heavy atom. The minimum atomic E-state index is 0.901. The maximum atomic E-state index is 6.13. The predicted molar refractivity (Wildman–Crippen MR) is 162 cm³/mol. The number of pyridine rings is 2. The molecule has 0 aliphatic carbocycles. The lowest BCUT2D eigenvalue weighted by atomic mass is 9.88. The second-order valence-electron chi connectivity index (χ2n) is 10.3. The molecule has 0 bridgehead atoms. The molecule has 0 aliphatic rings. The molecule has 9 rings (SSSR count). The lowest BCUT2D eigenvalue weighted by molar-refractivity contribution is 0.619. The Hall–Kier alpha value is -5.48. The third-order valence-corrected chi connectivity index (χ3v) is 8.17. The van der Waals surface area contributed by atoms with Crippen LogP contribution in [0.25, 0.3) is 87.3 Å². The third-order valence-electron chi connectivity index (χ3n) is 8.17. The quantitative estimate of drug-likeness (QED) is 0.171. The van der Waals surface area contributed by atoms with Gasteiger partial charge in [-0.3, -0.25) is 9.97 Å². The highest BCUT2D eigenvalue weighted by Crippen LogP contribution is 2.44. The Bertz CT molecular complexity index is 2250. The summed E-state index contributed by atoms with van der Waals surface area (Å²) in [6.07, 6.45) is 10.9. The molecule has 0 fully saturated rings. The van der Waals surface area contributed by atoms with Crippen LogP contribution in [0.3, 0.4) is 0 Å². The smallest absolute Gasteiger partial charge is 0.142 e. The number of aromatic nitrogens is 2. The number of benzene rings is 5. The second-order valence-corrected chi connectivity index (χ2v) is 10.3. The topological polar surface area (TPSA) is 52.1 Å². The molecular weight excluding hydrogens is 492 g/mol. The maximum Gasteiger partial charge on any atom is 0.142 e. The van der Waals surface area contributed by atoms with Crippen LogP contribution >= 0.6 is 0 Å². The normalized spacial score (nSPS) is 12.0. The Morgan fingerprint density at radius 1 is 0.400 bits per heavy atom. The van der Waals surface area contributed by atoms with E-state index in [2.05, 4.69) is 82.8 Å². The Labute approximate surface area is 228 Å². The van der Waals surface area contributed by atoms with E-state index in [4.69, 9.17) is 8.83 Å². The highest BCUT2D eigenvalue weighted by molar-refractivity contribution is 6.29. The summed E-state index contributed by atoms with van der Waals surface area (Å²) in [6.45, 7) is 0. The molecule has 0 amide bonds. The SMILES string of the molecule is c1cc(-c2cc3cc4cc(-c5ccncc5)c5ccc6ccoc6c5c4cc3c3c2ccc2ccoc23)ccn1. The van der Waals surface area contributed by atoms with Crippen molar-refractivity contribution in [2.75, 3.05) is 0 Å². The van der Waals surface area contributed by atoms with Crippen LogP contribution < -0.4 is 0 Å². The lowest BCUT2D eigenvalue weighted by Crippen LogP contribution is -1.89. The van der Waals surface area contributed by atoms with Crippen LogP contribution in [0.15, 0.2) is 131 Å². The molecule has 0 unspecified atom stereocenters. The second kappa shape index (κ2) is 8.01. The number of furan rings is 2. The summed E-state index contributed by atoms with van der Waals surface area (Å²) in [6, 6.07) is 30.3. The molecule has 4 nitrogen and oxygen atoms in total. The molecule has 5 aromatic carbocycles. The molecule has 40 heavy (non-hydrogen) atoms. The average Bonchev–Trinajstić information content (AvgIpc) is 3.70. The first-order valence-electron chi connectivity index (χ1n) is 13.3. The molecular formula is C36H20N2O2. The van der Waals surface area contributed by atoms with Gasteiger partial charge in [0.2, 0.25) is 0 Å². The van der Waals surface area contributed by atoms with Crippen LogP contribution in [-0.4, -0.2) is 9.97 Å². The van der Waals surface area contributed by atoms with Crippen LogP contribution in [0.5, 0.6) is 0 Å². The predicted octanol–water partition coefficient (Wildman–Crippen LogP) is 9.92. The zero-order valence-electron chi connectivity index (χ0n) is 21.3. The van der Waals surface area contributed by atoms with E-state index in [1.807, 2.05) is 36.9 Å². The lowest BCUT2D eigenvalue weighted by Gasteiger charge is -2.15. The van der Waals surface area contributed by atoms with Gasteiger partial charge in [-0.15, -0.1) is 0 Å². The van der Waals surface area contributed by atoms with Crippen LogP contribution in [0.4, 0.5) is 0 Å². The van der Waals surface area contributed by atoms with E-state index in [0.29, 0.717) is 0 Å². The summed E-state index contributed by atoms with van der Waals surface area (Å²) < 4.78 is 12.3. The Morgan fingerprint density at radius 2 is 0.875 bits per heavy atom. The summed E-state index contributed by atoms with van der Waals surface area (Å²) >= 11 is 0. The molecule has 4 aromatic heterocycles. The average molecular weight is 513 g/mol. The highest BCUT2D eigenvalue weighted by atomic mass is 16.3. The maximum absolute atomic E-state index is 6.13. The van der Waals surface area contributed by atoms with E-state index < -0.39 is 0 Å². The number of hydrogen-bond acceptors (Lipinski definition) is 4. The molecule has 9 aromatic rings. The van der Waals surface area contributed by atoms with Crippen molar-refractivity contribution in [1.82, 2.24) is 9.97 Å². The highest BCUT2D eigenvalue weighted by Gasteiger charge is 2.18. The molecule has 0 N–H and O–H groups in total. The van der Waals surface area contributed by atoms with Crippen LogP contribution in [-0.2, 0) is 0 Å². The summed E-state index contributed by atoms with van der Waals surface area (Å²) in [5.41, 5.74) is 6.37. The summed E-state index contributed by atoms with van der Waals surface area (Å²) in [7, 11) is 0. The van der Waals surface area contributed by atoms with Crippen molar-refractivity contribution < 1.29 is 8.83 Å². The van der Waals surface area contributed by atoms with Crippen molar-refractivity contribution in [3.8, 4) is 22.3 Å². The van der Waals surface area contributed by atoms with Gasteiger partial charge in [0.1, 0.15) is 11.2 Å². The van der Waals surface area contributed by atoms with Crippen molar-refractivity contribution >= 4 is 65.0 Å². The van der Waals surface area contributed by atoms with Gasteiger partial charge in [-0.25, -0.2) is 0 Å². The number of nitrogens with zero attached hydrogens (tertiary/aromatic N) is 2. The molecule has 0 saturated heterocycles. The van der Waals surface area contributed by atoms with Crippen molar-refractivity contribution in [3.63, 3.8) is 0 Å². The standard InChI is InChI=1S/C36H20N2O2/c1-3-27-29(21-5-11-37-12-6-21)18-25-17-26-19-30(22-7-13-38-14-8-22)28-4-2-24-10-16-40-36(24)34(28)32(26)20-31(25)33(27)35-23(1)9-15-39-35/h1-20H. The molecule has 4 heterocycles.